The van der Waals surface area contributed by atoms with Crippen LogP contribution in [0.25, 0.3) is 5.57 Å². The summed E-state index contributed by atoms with van der Waals surface area (Å²) in [5.41, 5.74) is -0.902. The van der Waals surface area contributed by atoms with E-state index < -0.39 is 17.7 Å². The number of hydrogen-bond acceptors (Lipinski definition) is 1. The van der Waals surface area contributed by atoms with Crippen molar-refractivity contribution in [2.45, 2.75) is 12.6 Å². The van der Waals surface area contributed by atoms with Crippen LogP contribution in [0.5, 0.6) is 0 Å². The molecule has 0 aliphatic heterocycles. The van der Waals surface area contributed by atoms with Crippen molar-refractivity contribution in [3.8, 4) is 0 Å². The summed E-state index contributed by atoms with van der Waals surface area (Å²) in [6.45, 7) is 0. The number of hydrogen-bond donors (Lipinski definition) is 1. The average Bonchev–Trinajstić information content (AvgIpc) is 2.51. The maximum absolute atomic E-state index is 13.4. The molecule has 2 nitrogen and oxygen atoms in total. The summed E-state index contributed by atoms with van der Waals surface area (Å²) in [5.74, 6) is -1.22. The number of halogens is 7. The summed E-state index contributed by atoms with van der Waals surface area (Å²) in [6, 6.07) is 6.08. The third-order valence-electron chi connectivity index (χ3n) is 3.41. The van der Waals surface area contributed by atoms with Gasteiger partial charge in [-0.1, -0.05) is 58.5 Å². The number of carbonyl (C=O) groups is 1. The van der Waals surface area contributed by atoms with E-state index in [2.05, 4.69) is 0 Å². The molecule has 0 bridgehead atoms. The van der Waals surface area contributed by atoms with Gasteiger partial charge in [-0.2, -0.15) is 13.2 Å². The highest BCUT2D eigenvalue weighted by molar-refractivity contribution is 6.48. The van der Waals surface area contributed by atoms with Crippen LogP contribution >= 0.6 is 46.4 Å². The topological polar surface area (TPSA) is 37.3 Å². The minimum absolute atomic E-state index is 0.0327. The second-order valence-corrected chi connectivity index (χ2v) is 6.79. The van der Waals surface area contributed by atoms with Gasteiger partial charge in [0.05, 0.1) is 31.2 Å². The van der Waals surface area contributed by atoms with Gasteiger partial charge in [0.15, 0.2) is 0 Å². The molecule has 9 heteroatoms. The molecule has 0 saturated carbocycles. The SMILES string of the molecule is O=C(O)c1ccc(C/C=C(\c2cc(Cl)c(Cl)c(Cl)c2)C(F)(F)F)cc1Cl. The molecule has 0 unspecified atom stereocenters. The zero-order chi connectivity index (χ0) is 19.6. The third-order valence-corrected chi connectivity index (χ3v) is 4.92. The van der Waals surface area contributed by atoms with Gasteiger partial charge < -0.3 is 5.11 Å². The molecule has 0 atom stereocenters. The Balaban J connectivity index is 2.43. The summed E-state index contributed by atoms with van der Waals surface area (Å²) < 4.78 is 40.3. The van der Waals surface area contributed by atoms with Gasteiger partial charge >= 0.3 is 12.1 Å². The quantitative estimate of drug-likeness (QED) is 0.507. The molecular weight excluding hydrogens is 435 g/mol. The highest BCUT2D eigenvalue weighted by atomic mass is 35.5. The fourth-order valence-electron chi connectivity index (χ4n) is 2.19. The first-order valence-electron chi connectivity index (χ1n) is 6.94. The summed E-state index contributed by atoms with van der Waals surface area (Å²) in [7, 11) is 0. The molecule has 0 aromatic heterocycles. The molecule has 0 radical (unpaired) electrons. The van der Waals surface area contributed by atoms with Crippen LogP contribution in [0.3, 0.4) is 0 Å². The number of carboxylic acid groups (broad SMARTS) is 1. The highest BCUT2D eigenvalue weighted by Crippen LogP contribution is 2.39. The van der Waals surface area contributed by atoms with Gasteiger partial charge in [-0.25, -0.2) is 4.79 Å². The molecule has 26 heavy (non-hydrogen) atoms. The van der Waals surface area contributed by atoms with Crippen LogP contribution in [-0.2, 0) is 6.42 Å². The Morgan fingerprint density at radius 3 is 2.04 bits per heavy atom. The predicted molar refractivity (Wildman–Crippen MR) is 97.6 cm³/mol. The molecule has 0 fully saturated rings. The first-order valence-corrected chi connectivity index (χ1v) is 8.46. The Hall–Kier alpha value is -1.40. The van der Waals surface area contributed by atoms with E-state index in [9.17, 15) is 18.0 Å². The van der Waals surface area contributed by atoms with E-state index >= 15 is 0 Å². The zero-order valence-electron chi connectivity index (χ0n) is 12.7. The number of benzene rings is 2. The van der Waals surface area contributed by atoms with Gasteiger partial charge in [-0.3, -0.25) is 0 Å². The number of rotatable bonds is 4. The van der Waals surface area contributed by atoms with E-state index in [4.69, 9.17) is 51.5 Å². The molecule has 2 aromatic rings. The normalized spacial score (nSPS) is 12.3. The van der Waals surface area contributed by atoms with E-state index in [1.807, 2.05) is 0 Å². The van der Waals surface area contributed by atoms with Crippen LogP contribution in [-0.4, -0.2) is 17.3 Å². The van der Waals surface area contributed by atoms with Crippen molar-refractivity contribution >= 4 is 57.9 Å². The lowest BCUT2D eigenvalue weighted by molar-refractivity contribution is -0.0690. The maximum Gasteiger partial charge on any atom is 0.416 e. The molecule has 0 amide bonds. The second kappa shape index (κ2) is 8.09. The largest absolute Gasteiger partial charge is 0.478 e. The minimum atomic E-state index is -4.66. The summed E-state index contributed by atoms with van der Waals surface area (Å²) in [6.07, 6.45) is -3.85. The lowest BCUT2D eigenvalue weighted by Crippen LogP contribution is -2.11. The Morgan fingerprint density at radius 1 is 1.00 bits per heavy atom. The highest BCUT2D eigenvalue weighted by Gasteiger charge is 2.35. The van der Waals surface area contributed by atoms with Crippen molar-refractivity contribution in [1.82, 2.24) is 0 Å². The van der Waals surface area contributed by atoms with E-state index in [1.165, 1.54) is 18.2 Å². The predicted octanol–water partition coefficient (Wildman–Crippen LogP) is 7.19. The maximum atomic E-state index is 13.4. The van der Waals surface area contributed by atoms with Gasteiger partial charge in [0.25, 0.3) is 0 Å². The molecule has 0 spiro atoms. The van der Waals surface area contributed by atoms with Crippen molar-refractivity contribution in [3.63, 3.8) is 0 Å². The first kappa shape index (κ1) is 20.9. The van der Waals surface area contributed by atoms with E-state index in [0.29, 0.717) is 5.56 Å². The number of alkyl halides is 3. The molecule has 0 heterocycles. The van der Waals surface area contributed by atoms with Gasteiger partial charge in [-0.05, 0) is 41.8 Å². The Kier molecular flexibility index (Phi) is 6.51. The second-order valence-electron chi connectivity index (χ2n) is 5.19. The fourth-order valence-corrected chi connectivity index (χ4v) is 3.07. The van der Waals surface area contributed by atoms with Crippen molar-refractivity contribution < 1.29 is 23.1 Å². The van der Waals surface area contributed by atoms with Crippen molar-refractivity contribution in [3.05, 3.63) is 73.2 Å². The zero-order valence-corrected chi connectivity index (χ0v) is 15.7. The van der Waals surface area contributed by atoms with Gasteiger partial charge in [0.1, 0.15) is 0 Å². The van der Waals surface area contributed by atoms with Gasteiger partial charge in [0, 0.05) is 0 Å². The van der Waals surface area contributed by atoms with Gasteiger partial charge in [0.2, 0.25) is 0 Å². The lowest BCUT2D eigenvalue weighted by Gasteiger charge is -2.14. The molecule has 2 rings (SSSR count). The van der Waals surface area contributed by atoms with Gasteiger partial charge in [-0.15, -0.1) is 0 Å². The minimum Gasteiger partial charge on any atom is -0.478 e. The number of aromatic carboxylic acids is 1. The van der Waals surface area contributed by atoms with Crippen LogP contribution in [0.1, 0.15) is 21.5 Å². The Bertz CT molecular complexity index is 869. The number of allylic oxidation sites excluding steroid dienone is 2. The molecule has 138 valence electrons. The smallest absolute Gasteiger partial charge is 0.416 e. The lowest BCUT2D eigenvalue weighted by atomic mass is 10.0. The van der Waals surface area contributed by atoms with Crippen molar-refractivity contribution in [1.29, 1.82) is 0 Å². The van der Waals surface area contributed by atoms with Crippen LogP contribution < -0.4 is 0 Å². The average molecular weight is 444 g/mol. The monoisotopic (exact) mass is 442 g/mol. The Morgan fingerprint density at radius 2 is 1.58 bits per heavy atom. The third kappa shape index (κ3) is 4.86. The van der Waals surface area contributed by atoms with Crippen LogP contribution in [0.4, 0.5) is 13.2 Å². The molecular formula is C17H9Cl4F3O2. The number of carboxylic acids is 1. The standard InChI is InChI=1S/C17H9Cl4F3O2/c18-12-5-8(1-3-10(12)16(25)26)2-4-11(17(22,23)24)9-6-13(19)15(21)14(20)7-9/h1,3-7H,2H2,(H,25,26)/b11-4+. The molecule has 1 N–H and O–H groups in total. The van der Waals surface area contributed by atoms with E-state index in [0.717, 1.165) is 18.2 Å². The molecule has 0 saturated heterocycles. The Labute approximate surface area is 166 Å². The van der Waals surface area contributed by atoms with Crippen LogP contribution in [0.15, 0.2) is 36.4 Å². The first-order chi connectivity index (χ1) is 12.0. The summed E-state index contributed by atoms with van der Waals surface area (Å²) in [4.78, 5) is 10.9. The van der Waals surface area contributed by atoms with Crippen LogP contribution in [0.2, 0.25) is 20.1 Å². The molecule has 2 aromatic carbocycles. The molecule has 0 aliphatic carbocycles. The van der Waals surface area contributed by atoms with Crippen molar-refractivity contribution in [2.24, 2.45) is 0 Å². The van der Waals surface area contributed by atoms with E-state index in [1.54, 1.807) is 0 Å². The molecule has 0 aliphatic rings. The summed E-state index contributed by atoms with van der Waals surface area (Å²) >= 11 is 23.2. The van der Waals surface area contributed by atoms with Crippen LogP contribution in [0, 0.1) is 0 Å². The van der Waals surface area contributed by atoms with E-state index in [-0.39, 0.29) is 37.6 Å². The van der Waals surface area contributed by atoms with Crippen molar-refractivity contribution in [2.75, 3.05) is 0 Å². The summed E-state index contributed by atoms with van der Waals surface area (Å²) in [5, 5.41) is 8.63. The fraction of sp³-hybridized carbons (Fsp3) is 0.118.